The number of rotatable bonds is 4. The summed E-state index contributed by atoms with van der Waals surface area (Å²) < 4.78 is 12.8. The Bertz CT molecular complexity index is 388. The molecule has 1 aromatic rings. The number of hydrogen-bond acceptors (Lipinski definition) is 3. The van der Waals surface area contributed by atoms with E-state index in [-0.39, 0.29) is 23.9 Å². The van der Waals surface area contributed by atoms with E-state index >= 15 is 0 Å². The zero-order chi connectivity index (χ0) is 12.9. The van der Waals surface area contributed by atoms with E-state index in [1.54, 1.807) is 6.07 Å². The summed E-state index contributed by atoms with van der Waals surface area (Å²) in [5.41, 5.74) is 2.62. The van der Waals surface area contributed by atoms with Crippen LogP contribution in [0.3, 0.4) is 0 Å². The number of benzene rings is 1. The highest BCUT2D eigenvalue weighted by Crippen LogP contribution is 2.08. The number of amides is 1. The van der Waals surface area contributed by atoms with Crippen LogP contribution in [0, 0.1) is 5.82 Å². The van der Waals surface area contributed by atoms with Gasteiger partial charge in [-0.3, -0.25) is 9.63 Å². The predicted molar refractivity (Wildman–Crippen MR) is 63.9 cm³/mol. The standard InChI is InChI=1S/C12H17FN2O2/c1-12(2,3)17-14-8-11(16)15-10-6-4-5-9(13)7-10/h4-7,14H,8H2,1-3H3,(H,15,16). The molecular weight excluding hydrogens is 223 g/mol. The van der Waals surface area contributed by atoms with Gasteiger partial charge in [0, 0.05) is 5.69 Å². The second-order valence-corrected chi connectivity index (χ2v) is 4.59. The number of nitrogens with one attached hydrogen (secondary N) is 2. The van der Waals surface area contributed by atoms with Crippen molar-refractivity contribution in [3.05, 3.63) is 30.1 Å². The largest absolute Gasteiger partial charge is 0.325 e. The van der Waals surface area contributed by atoms with Gasteiger partial charge in [-0.05, 0) is 39.0 Å². The van der Waals surface area contributed by atoms with Crippen LogP contribution >= 0.6 is 0 Å². The molecule has 94 valence electrons. The molecule has 4 nitrogen and oxygen atoms in total. The summed E-state index contributed by atoms with van der Waals surface area (Å²) in [6, 6.07) is 5.72. The lowest BCUT2D eigenvalue weighted by atomic mass is 10.2. The summed E-state index contributed by atoms with van der Waals surface area (Å²) in [6.45, 7) is 5.60. The second kappa shape index (κ2) is 5.75. The molecule has 2 N–H and O–H groups in total. The van der Waals surface area contributed by atoms with Crippen LogP contribution in [0.15, 0.2) is 24.3 Å². The van der Waals surface area contributed by atoms with Crippen LogP contribution in [0.25, 0.3) is 0 Å². The van der Waals surface area contributed by atoms with Gasteiger partial charge in [-0.2, -0.15) is 5.48 Å². The molecule has 0 aromatic heterocycles. The average molecular weight is 240 g/mol. The van der Waals surface area contributed by atoms with Crippen LogP contribution in [0.1, 0.15) is 20.8 Å². The van der Waals surface area contributed by atoms with Gasteiger partial charge in [-0.25, -0.2) is 4.39 Å². The third-order valence-corrected chi connectivity index (χ3v) is 1.72. The molecule has 0 heterocycles. The SMILES string of the molecule is CC(C)(C)ONCC(=O)Nc1cccc(F)c1. The van der Waals surface area contributed by atoms with Gasteiger partial charge < -0.3 is 5.32 Å². The fourth-order valence-corrected chi connectivity index (χ4v) is 1.09. The molecule has 0 aliphatic rings. The van der Waals surface area contributed by atoms with Gasteiger partial charge in [0.15, 0.2) is 0 Å². The first-order valence-electron chi connectivity index (χ1n) is 5.33. The molecule has 1 rings (SSSR count). The maximum Gasteiger partial charge on any atom is 0.240 e. The molecule has 0 fully saturated rings. The molecule has 1 amide bonds. The quantitative estimate of drug-likeness (QED) is 0.792. The van der Waals surface area contributed by atoms with Crippen LogP contribution in [-0.4, -0.2) is 18.1 Å². The zero-order valence-corrected chi connectivity index (χ0v) is 10.2. The van der Waals surface area contributed by atoms with E-state index in [1.165, 1.54) is 18.2 Å². The Hall–Kier alpha value is -1.46. The summed E-state index contributed by atoms with van der Waals surface area (Å²) in [5, 5.41) is 2.55. The minimum absolute atomic E-state index is 0.00772. The van der Waals surface area contributed by atoms with Gasteiger partial charge in [0.1, 0.15) is 12.4 Å². The summed E-state index contributed by atoms with van der Waals surface area (Å²) >= 11 is 0. The Morgan fingerprint density at radius 2 is 2.12 bits per heavy atom. The maximum absolute atomic E-state index is 12.8. The van der Waals surface area contributed by atoms with Crippen molar-refractivity contribution >= 4 is 11.6 Å². The molecule has 0 bridgehead atoms. The second-order valence-electron chi connectivity index (χ2n) is 4.59. The Kier molecular flexibility index (Phi) is 4.60. The monoisotopic (exact) mass is 240 g/mol. The Morgan fingerprint density at radius 3 is 2.71 bits per heavy atom. The molecule has 0 aliphatic carbocycles. The molecule has 5 heteroatoms. The molecule has 0 atom stereocenters. The van der Waals surface area contributed by atoms with Gasteiger partial charge in [-0.1, -0.05) is 6.07 Å². The van der Waals surface area contributed by atoms with Crippen LogP contribution < -0.4 is 10.8 Å². The van der Waals surface area contributed by atoms with Crippen molar-refractivity contribution in [2.24, 2.45) is 0 Å². The number of carbonyl (C=O) groups is 1. The van der Waals surface area contributed by atoms with Crippen molar-refractivity contribution in [2.45, 2.75) is 26.4 Å². The van der Waals surface area contributed by atoms with Crippen LogP contribution in [0.4, 0.5) is 10.1 Å². The molecule has 0 radical (unpaired) electrons. The van der Waals surface area contributed by atoms with Gasteiger partial charge in [0.25, 0.3) is 0 Å². The number of hydroxylamine groups is 1. The van der Waals surface area contributed by atoms with Crippen molar-refractivity contribution < 1.29 is 14.0 Å². The van der Waals surface area contributed by atoms with Crippen molar-refractivity contribution in [1.82, 2.24) is 5.48 Å². The zero-order valence-electron chi connectivity index (χ0n) is 10.2. The number of hydrogen-bond donors (Lipinski definition) is 2. The van der Waals surface area contributed by atoms with E-state index < -0.39 is 0 Å². The normalized spacial score (nSPS) is 11.3. The van der Waals surface area contributed by atoms with Gasteiger partial charge >= 0.3 is 0 Å². The smallest absolute Gasteiger partial charge is 0.240 e. The maximum atomic E-state index is 12.8. The lowest BCUT2D eigenvalue weighted by Crippen LogP contribution is -2.34. The minimum Gasteiger partial charge on any atom is -0.325 e. The van der Waals surface area contributed by atoms with Crippen molar-refractivity contribution in [3.8, 4) is 0 Å². The highest BCUT2D eigenvalue weighted by atomic mass is 19.1. The molecule has 0 unspecified atom stereocenters. The van der Waals surface area contributed by atoms with E-state index in [0.717, 1.165) is 0 Å². The van der Waals surface area contributed by atoms with Gasteiger partial charge in [0.2, 0.25) is 5.91 Å². The van der Waals surface area contributed by atoms with Crippen molar-refractivity contribution in [1.29, 1.82) is 0 Å². The van der Waals surface area contributed by atoms with Gasteiger partial charge in [0.05, 0.1) is 5.60 Å². The van der Waals surface area contributed by atoms with Crippen LogP contribution in [-0.2, 0) is 9.63 Å². The van der Waals surface area contributed by atoms with E-state index in [0.29, 0.717) is 5.69 Å². The van der Waals surface area contributed by atoms with Crippen molar-refractivity contribution in [2.75, 3.05) is 11.9 Å². The fourth-order valence-electron chi connectivity index (χ4n) is 1.09. The lowest BCUT2D eigenvalue weighted by molar-refractivity contribution is -0.122. The predicted octanol–water partition coefficient (Wildman–Crippen LogP) is 2.08. The first-order chi connectivity index (χ1) is 7.87. The van der Waals surface area contributed by atoms with E-state index in [4.69, 9.17) is 4.84 Å². The van der Waals surface area contributed by atoms with E-state index in [1.807, 2.05) is 20.8 Å². The van der Waals surface area contributed by atoms with E-state index in [9.17, 15) is 9.18 Å². The summed E-state index contributed by atoms with van der Waals surface area (Å²) in [6.07, 6.45) is 0. The number of anilines is 1. The number of halogens is 1. The Balaban J connectivity index is 2.35. The topological polar surface area (TPSA) is 50.4 Å². The van der Waals surface area contributed by atoms with Gasteiger partial charge in [-0.15, -0.1) is 0 Å². The van der Waals surface area contributed by atoms with E-state index in [2.05, 4.69) is 10.8 Å². The first kappa shape index (κ1) is 13.6. The minimum atomic E-state index is -0.387. The lowest BCUT2D eigenvalue weighted by Gasteiger charge is -2.19. The highest BCUT2D eigenvalue weighted by molar-refractivity contribution is 5.92. The Morgan fingerprint density at radius 1 is 1.41 bits per heavy atom. The first-order valence-corrected chi connectivity index (χ1v) is 5.33. The average Bonchev–Trinajstić information content (AvgIpc) is 2.15. The summed E-state index contributed by atoms with van der Waals surface area (Å²) in [5.74, 6) is -0.679. The summed E-state index contributed by atoms with van der Waals surface area (Å²) in [4.78, 5) is 16.6. The molecular formula is C12H17FN2O2. The third kappa shape index (κ3) is 5.99. The molecule has 0 aliphatic heterocycles. The summed E-state index contributed by atoms with van der Waals surface area (Å²) in [7, 11) is 0. The van der Waals surface area contributed by atoms with Crippen molar-refractivity contribution in [3.63, 3.8) is 0 Å². The third-order valence-electron chi connectivity index (χ3n) is 1.72. The fraction of sp³-hybridized carbons (Fsp3) is 0.417. The number of carbonyl (C=O) groups excluding carboxylic acids is 1. The highest BCUT2D eigenvalue weighted by Gasteiger charge is 2.11. The van der Waals surface area contributed by atoms with Crippen LogP contribution in [0.2, 0.25) is 0 Å². The Labute approximate surface area is 100 Å². The van der Waals surface area contributed by atoms with Crippen LogP contribution in [0.5, 0.6) is 0 Å². The molecule has 0 saturated heterocycles. The molecule has 1 aromatic carbocycles. The molecule has 0 saturated carbocycles. The molecule has 0 spiro atoms. The molecule has 17 heavy (non-hydrogen) atoms.